The Kier molecular flexibility index (Phi) is 9.70. The van der Waals surface area contributed by atoms with E-state index >= 15 is 4.39 Å². The van der Waals surface area contributed by atoms with Gasteiger partial charge in [0.05, 0.1) is 30.0 Å². The molecule has 4 rings (SSSR count). The molecular formula is C23H21Cl2F4N3O3. The monoisotopic (exact) mass is 533 g/mol. The molecule has 1 aliphatic heterocycles. The van der Waals surface area contributed by atoms with E-state index in [0.29, 0.717) is 12.3 Å². The molecule has 12 heteroatoms. The van der Waals surface area contributed by atoms with Gasteiger partial charge in [-0.3, -0.25) is 9.78 Å². The number of rotatable bonds is 6. The predicted molar refractivity (Wildman–Crippen MR) is 127 cm³/mol. The van der Waals surface area contributed by atoms with E-state index in [1.165, 1.54) is 19.5 Å². The van der Waals surface area contributed by atoms with Crippen molar-refractivity contribution in [3.05, 3.63) is 71.6 Å². The SMILES string of the molecule is COc1cc(F)c(-c2c(F)ccc(C(=O)Nc3cnccc3O[C@H]3CCNC3)c2F)c(F)c1.Cl.Cl. The third-order valence-electron chi connectivity index (χ3n) is 5.18. The van der Waals surface area contributed by atoms with Crippen LogP contribution in [-0.4, -0.2) is 37.2 Å². The second-order valence-corrected chi connectivity index (χ2v) is 7.31. The van der Waals surface area contributed by atoms with E-state index in [9.17, 15) is 18.0 Å². The summed E-state index contributed by atoms with van der Waals surface area (Å²) in [5.74, 6) is -5.93. The zero-order chi connectivity index (χ0) is 23.5. The highest BCUT2D eigenvalue weighted by Gasteiger charge is 2.26. The molecule has 1 saturated heterocycles. The van der Waals surface area contributed by atoms with Gasteiger partial charge in [0, 0.05) is 30.9 Å². The van der Waals surface area contributed by atoms with E-state index in [1.807, 2.05) is 0 Å². The number of aromatic nitrogens is 1. The molecule has 1 aromatic heterocycles. The van der Waals surface area contributed by atoms with Crippen LogP contribution >= 0.6 is 24.8 Å². The van der Waals surface area contributed by atoms with E-state index in [0.717, 1.165) is 37.2 Å². The zero-order valence-electron chi connectivity index (χ0n) is 18.2. The Morgan fingerprint density at radius 1 is 1.06 bits per heavy atom. The van der Waals surface area contributed by atoms with Crippen molar-refractivity contribution in [1.82, 2.24) is 10.3 Å². The van der Waals surface area contributed by atoms with E-state index in [4.69, 9.17) is 9.47 Å². The van der Waals surface area contributed by atoms with Crippen molar-refractivity contribution in [2.24, 2.45) is 0 Å². The highest BCUT2D eigenvalue weighted by Crippen LogP contribution is 2.35. The summed E-state index contributed by atoms with van der Waals surface area (Å²) in [5.41, 5.74) is -2.39. The normalized spacial score (nSPS) is 14.5. The Morgan fingerprint density at radius 3 is 2.40 bits per heavy atom. The first-order chi connectivity index (χ1) is 15.9. The Labute approximate surface area is 210 Å². The van der Waals surface area contributed by atoms with Gasteiger partial charge in [0.25, 0.3) is 5.91 Å². The number of amides is 1. The van der Waals surface area contributed by atoms with Gasteiger partial charge in [-0.2, -0.15) is 0 Å². The first-order valence-electron chi connectivity index (χ1n) is 10.0. The smallest absolute Gasteiger partial charge is 0.258 e. The molecule has 6 nitrogen and oxygen atoms in total. The summed E-state index contributed by atoms with van der Waals surface area (Å²) in [6.07, 6.45) is 3.45. The summed E-state index contributed by atoms with van der Waals surface area (Å²) >= 11 is 0. The number of benzene rings is 2. The molecule has 2 heterocycles. The number of hydrogen-bond acceptors (Lipinski definition) is 5. The van der Waals surface area contributed by atoms with Crippen LogP contribution < -0.4 is 20.1 Å². The Balaban J connectivity index is 0.00000216. The summed E-state index contributed by atoms with van der Waals surface area (Å²) in [5, 5.41) is 5.62. The number of pyridine rings is 1. The first kappa shape index (κ1) is 28.2. The van der Waals surface area contributed by atoms with Crippen molar-refractivity contribution >= 4 is 36.4 Å². The lowest BCUT2D eigenvalue weighted by atomic mass is 9.99. The van der Waals surface area contributed by atoms with Crippen LogP contribution in [0.15, 0.2) is 42.7 Å². The average molecular weight is 534 g/mol. The molecule has 3 aromatic rings. The highest BCUT2D eigenvalue weighted by molar-refractivity contribution is 6.06. The van der Waals surface area contributed by atoms with Crippen LogP contribution in [0.25, 0.3) is 11.1 Å². The molecule has 1 fully saturated rings. The number of halogens is 6. The quantitative estimate of drug-likeness (QED) is 0.428. The van der Waals surface area contributed by atoms with Crippen LogP contribution in [0.2, 0.25) is 0 Å². The van der Waals surface area contributed by atoms with Crippen LogP contribution in [0.3, 0.4) is 0 Å². The lowest BCUT2D eigenvalue weighted by molar-refractivity contribution is 0.102. The summed E-state index contributed by atoms with van der Waals surface area (Å²) < 4.78 is 69.3. The van der Waals surface area contributed by atoms with Crippen molar-refractivity contribution < 1.29 is 31.8 Å². The predicted octanol–water partition coefficient (Wildman–Crippen LogP) is 5.15. The second-order valence-electron chi connectivity index (χ2n) is 7.31. The molecule has 0 bridgehead atoms. The third kappa shape index (κ3) is 5.95. The van der Waals surface area contributed by atoms with E-state index < -0.39 is 45.9 Å². The fourth-order valence-electron chi connectivity index (χ4n) is 3.54. The van der Waals surface area contributed by atoms with Crippen LogP contribution in [0.5, 0.6) is 11.5 Å². The molecule has 1 aliphatic rings. The van der Waals surface area contributed by atoms with Crippen molar-refractivity contribution in [1.29, 1.82) is 0 Å². The Morgan fingerprint density at radius 2 is 1.77 bits per heavy atom. The van der Waals surface area contributed by atoms with Crippen molar-refractivity contribution in [2.45, 2.75) is 12.5 Å². The maximum atomic E-state index is 15.2. The van der Waals surface area contributed by atoms with Gasteiger partial charge >= 0.3 is 0 Å². The van der Waals surface area contributed by atoms with Crippen LogP contribution in [0.4, 0.5) is 23.2 Å². The van der Waals surface area contributed by atoms with E-state index in [1.54, 1.807) is 6.07 Å². The molecule has 35 heavy (non-hydrogen) atoms. The number of ether oxygens (including phenoxy) is 2. The van der Waals surface area contributed by atoms with Gasteiger partial charge < -0.3 is 20.1 Å². The fraction of sp³-hybridized carbons (Fsp3) is 0.217. The number of nitrogens with one attached hydrogen (secondary N) is 2. The second kappa shape index (κ2) is 12.1. The van der Waals surface area contributed by atoms with Gasteiger partial charge in [-0.25, -0.2) is 17.6 Å². The molecule has 0 aliphatic carbocycles. The lowest BCUT2D eigenvalue weighted by Gasteiger charge is -2.17. The molecule has 0 radical (unpaired) electrons. The largest absolute Gasteiger partial charge is 0.497 e. The number of methoxy groups -OCH3 is 1. The number of anilines is 1. The summed E-state index contributed by atoms with van der Waals surface area (Å²) in [7, 11) is 1.19. The molecule has 0 unspecified atom stereocenters. The topological polar surface area (TPSA) is 72.5 Å². The fourth-order valence-corrected chi connectivity index (χ4v) is 3.54. The molecular weight excluding hydrogens is 513 g/mol. The molecule has 0 saturated carbocycles. The summed E-state index contributed by atoms with van der Waals surface area (Å²) in [4.78, 5) is 16.7. The number of nitrogens with zero attached hydrogens (tertiary/aromatic N) is 1. The van der Waals surface area contributed by atoms with Crippen molar-refractivity contribution in [3.63, 3.8) is 0 Å². The van der Waals surface area contributed by atoms with Crippen molar-refractivity contribution in [2.75, 3.05) is 25.5 Å². The molecule has 2 aromatic carbocycles. The maximum absolute atomic E-state index is 15.2. The average Bonchev–Trinajstić information content (AvgIpc) is 3.29. The minimum Gasteiger partial charge on any atom is -0.497 e. The van der Waals surface area contributed by atoms with Crippen LogP contribution in [0.1, 0.15) is 16.8 Å². The van der Waals surface area contributed by atoms with E-state index in [2.05, 4.69) is 15.6 Å². The molecule has 1 atom stereocenters. The van der Waals surface area contributed by atoms with Gasteiger partial charge in [-0.15, -0.1) is 24.8 Å². The Bertz CT molecular complexity index is 1190. The zero-order valence-corrected chi connectivity index (χ0v) is 19.9. The van der Waals surface area contributed by atoms with Gasteiger partial charge in [-0.1, -0.05) is 0 Å². The number of hydrogen-bond donors (Lipinski definition) is 2. The third-order valence-corrected chi connectivity index (χ3v) is 5.18. The van der Waals surface area contributed by atoms with Gasteiger partial charge in [0.2, 0.25) is 0 Å². The molecule has 0 spiro atoms. The molecule has 1 amide bonds. The van der Waals surface area contributed by atoms with Gasteiger partial charge in [0.15, 0.2) is 0 Å². The van der Waals surface area contributed by atoms with Gasteiger partial charge in [-0.05, 0) is 25.1 Å². The summed E-state index contributed by atoms with van der Waals surface area (Å²) in [6, 6.07) is 4.78. The van der Waals surface area contributed by atoms with Gasteiger partial charge in [0.1, 0.15) is 46.6 Å². The van der Waals surface area contributed by atoms with Crippen LogP contribution in [0, 0.1) is 23.3 Å². The van der Waals surface area contributed by atoms with Crippen molar-refractivity contribution in [3.8, 4) is 22.6 Å². The Hall–Kier alpha value is -3.08. The minimum absolute atomic E-state index is 0. The minimum atomic E-state index is -1.41. The maximum Gasteiger partial charge on any atom is 0.258 e. The summed E-state index contributed by atoms with van der Waals surface area (Å²) in [6.45, 7) is 1.42. The highest BCUT2D eigenvalue weighted by atomic mass is 35.5. The molecule has 188 valence electrons. The first-order valence-corrected chi connectivity index (χ1v) is 10.0. The number of carbonyl (C=O) groups is 1. The standard InChI is InChI=1S/C23H19F4N3O3.2ClH/c1-32-13-8-16(25)20(17(26)9-13)21-15(24)3-2-14(22(21)27)23(31)30-18-11-29-7-5-19(18)33-12-4-6-28-10-12;;/h2-3,5,7-9,11-12,28H,4,6,10H2,1H3,(H,30,31);2*1H/t12-;;/m0../s1. The number of carbonyl (C=O) groups excluding carboxylic acids is 1. The van der Waals surface area contributed by atoms with Crippen LogP contribution in [-0.2, 0) is 0 Å². The lowest BCUT2D eigenvalue weighted by Crippen LogP contribution is -2.21. The molecule has 2 N–H and O–H groups in total. The van der Waals surface area contributed by atoms with E-state index in [-0.39, 0.29) is 42.4 Å².